The summed E-state index contributed by atoms with van der Waals surface area (Å²) >= 11 is 1.92. The highest BCUT2D eigenvalue weighted by Crippen LogP contribution is 2.41. The lowest BCUT2D eigenvalue weighted by Crippen LogP contribution is -2.10. The van der Waals surface area contributed by atoms with Gasteiger partial charge < -0.3 is 0 Å². The van der Waals surface area contributed by atoms with Gasteiger partial charge in [0.25, 0.3) is 0 Å². The Kier molecular flexibility index (Phi) is 3.28. The summed E-state index contributed by atoms with van der Waals surface area (Å²) in [6, 6.07) is 24.2. The largest absolute Gasteiger partial charge is 0.135 e. The van der Waals surface area contributed by atoms with Crippen molar-refractivity contribution in [3.05, 3.63) is 72.3 Å². The second-order valence-electron chi connectivity index (χ2n) is 7.11. The van der Waals surface area contributed by atoms with Gasteiger partial charge >= 0.3 is 0 Å². The lowest BCUT2D eigenvalue weighted by Gasteiger charge is -2.19. The summed E-state index contributed by atoms with van der Waals surface area (Å²) in [5.74, 6) is 0. The van der Waals surface area contributed by atoms with E-state index < -0.39 is 0 Å². The number of hydrogen-bond acceptors (Lipinski definition) is 1. The quantitative estimate of drug-likeness (QED) is 0.354. The van der Waals surface area contributed by atoms with Crippen molar-refractivity contribution in [3.8, 4) is 11.1 Å². The monoisotopic (exact) mass is 316 g/mol. The normalized spacial score (nSPS) is 12.1. The molecule has 0 bridgehead atoms. The number of thiophene rings is 1. The summed E-state index contributed by atoms with van der Waals surface area (Å²) < 4.78 is 2.80. The van der Waals surface area contributed by atoms with Crippen molar-refractivity contribution in [1.29, 1.82) is 0 Å². The van der Waals surface area contributed by atoms with E-state index in [1.807, 2.05) is 11.3 Å². The molecule has 0 fully saturated rings. The van der Waals surface area contributed by atoms with Gasteiger partial charge in [0, 0.05) is 20.2 Å². The van der Waals surface area contributed by atoms with E-state index in [2.05, 4.69) is 87.5 Å². The van der Waals surface area contributed by atoms with E-state index in [-0.39, 0.29) is 5.41 Å². The Balaban J connectivity index is 2.01. The first-order valence-electron chi connectivity index (χ1n) is 8.05. The Morgan fingerprint density at radius 3 is 2.22 bits per heavy atom. The SMILES string of the molecule is CC(C)(C)c1cccc2c1sc1ccc(-c3ccccc3)cc12. The Morgan fingerprint density at radius 1 is 0.696 bits per heavy atom. The second-order valence-corrected chi connectivity index (χ2v) is 8.16. The molecule has 0 aliphatic carbocycles. The standard InChI is InChI=1S/C22H20S/c1-22(2,3)19-11-7-10-17-18-14-16(15-8-5-4-6-9-15)12-13-20(18)23-21(17)19/h4-14H,1-3H3. The predicted octanol–water partition coefficient (Wildman–Crippen LogP) is 7.02. The van der Waals surface area contributed by atoms with Gasteiger partial charge in [-0.3, -0.25) is 0 Å². The summed E-state index contributed by atoms with van der Waals surface area (Å²) in [5.41, 5.74) is 4.18. The van der Waals surface area contributed by atoms with E-state index in [1.54, 1.807) is 0 Å². The molecule has 0 radical (unpaired) electrons. The third-order valence-corrected chi connectivity index (χ3v) is 5.63. The van der Waals surface area contributed by atoms with Gasteiger partial charge in [0.15, 0.2) is 0 Å². The van der Waals surface area contributed by atoms with Crippen LogP contribution in [0.2, 0.25) is 0 Å². The van der Waals surface area contributed by atoms with E-state index in [0.29, 0.717) is 0 Å². The van der Waals surface area contributed by atoms with Crippen LogP contribution < -0.4 is 0 Å². The zero-order valence-corrected chi connectivity index (χ0v) is 14.6. The van der Waals surface area contributed by atoms with E-state index in [4.69, 9.17) is 0 Å². The molecule has 0 aliphatic heterocycles. The highest BCUT2D eigenvalue weighted by Gasteiger charge is 2.19. The molecule has 23 heavy (non-hydrogen) atoms. The number of hydrogen-bond donors (Lipinski definition) is 0. The van der Waals surface area contributed by atoms with Gasteiger partial charge in [-0.1, -0.05) is 75.4 Å². The third kappa shape index (κ3) is 2.46. The second kappa shape index (κ2) is 5.21. The summed E-state index contributed by atoms with van der Waals surface area (Å²) in [4.78, 5) is 0. The van der Waals surface area contributed by atoms with Crippen molar-refractivity contribution < 1.29 is 0 Å². The van der Waals surface area contributed by atoms with Crippen LogP contribution in [0.3, 0.4) is 0 Å². The van der Waals surface area contributed by atoms with Crippen molar-refractivity contribution in [2.75, 3.05) is 0 Å². The van der Waals surface area contributed by atoms with Crippen molar-refractivity contribution in [3.63, 3.8) is 0 Å². The minimum atomic E-state index is 0.169. The topological polar surface area (TPSA) is 0 Å². The van der Waals surface area contributed by atoms with Crippen LogP contribution in [0.25, 0.3) is 31.3 Å². The fourth-order valence-electron chi connectivity index (χ4n) is 3.20. The molecule has 0 aliphatic rings. The zero-order valence-electron chi connectivity index (χ0n) is 13.8. The molecule has 114 valence electrons. The van der Waals surface area contributed by atoms with Crippen LogP contribution in [-0.2, 0) is 5.41 Å². The van der Waals surface area contributed by atoms with Gasteiger partial charge in [-0.05, 0) is 34.2 Å². The van der Waals surface area contributed by atoms with Gasteiger partial charge in [0.1, 0.15) is 0 Å². The van der Waals surface area contributed by atoms with E-state index in [1.165, 1.54) is 36.9 Å². The molecule has 0 saturated carbocycles. The molecule has 0 unspecified atom stereocenters. The lowest BCUT2D eigenvalue weighted by molar-refractivity contribution is 0.597. The Morgan fingerprint density at radius 2 is 1.48 bits per heavy atom. The van der Waals surface area contributed by atoms with Crippen LogP contribution in [0.4, 0.5) is 0 Å². The highest BCUT2D eigenvalue weighted by atomic mass is 32.1. The lowest BCUT2D eigenvalue weighted by atomic mass is 9.86. The molecule has 4 aromatic rings. The molecule has 1 heterocycles. The molecule has 1 heteroatoms. The molecule has 0 amide bonds. The summed E-state index contributed by atoms with van der Waals surface area (Å²) in [6.45, 7) is 6.88. The van der Waals surface area contributed by atoms with E-state index in [0.717, 1.165) is 0 Å². The molecule has 3 aromatic carbocycles. The van der Waals surface area contributed by atoms with E-state index >= 15 is 0 Å². The maximum Gasteiger partial charge on any atom is 0.0392 e. The van der Waals surface area contributed by atoms with Crippen molar-refractivity contribution in [1.82, 2.24) is 0 Å². The minimum Gasteiger partial charge on any atom is -0.135 e. The maximum absolute atomic E-state index is 2.34. The molecular formula is C22H20S. The van der Waals surface area contributed by atoms with Gasteiger partial charge in [-0.15, -0.1) is 11.3 Å². The van der Waals surface area contributed by atoms with Crippen molar-refractivity contribution in [2.45, 2.75) is 26.2 Å². The Bertz CT molecular complexity index is 985. The van der Waals surface area contributed by atoms with Crippen LogP contribution in [-0.4, -0.2) is 0 Å². The number of fused-ring (bicyclic) bond motifs is 3. The zero-order chi connectivity index (χ0) is 16.0. The Hall–Kier alpha value is -2.12. The van der Waals surface area contributed by atoms with Crippen LogP contribution in [0, 0.1) is 0 Å². The first-order chi connectivity index (χ1) is 11.0. The number of benzene rings is 3. The molecule has 0 saturated heterocycles. The van der Waals surface area contributed by atoms with Crippen LogP contribution >= 0.6 is 11.3 Å². The fourth-order valence-corrected chi connectivity index (χ4v) is 4.61. The summed E-state index contributed by atoms with van der Waals surface area (Å²) in [6.07, 6.45) is 0. The van der Waals surface area contributed by atoms with Crippen molar-refractivity contribution in [2.24, 2.45) is 0 Å². The number of rotatable bonds is 1. The average Bonchev–Trinajstić information content (AvgIpc) is 2.92. The molecule has 0 nitrogen and oxygen atoms in total. The Labute approximate surface area is 141 Å². The van der Waals surface area contributed by atoms with E-state index in [9.17, 15) is 0 Å². The van der Waals surface area contributed by atoms with Crippen molar-refractivity contribution >= 4 is 31.5 Å². The smallest absolute Gasteiger partial charge is 0.0392 e. The first-order valence-corrected chi connectivity index (χ1v) is 8.87. The predicted molar refractivity (Wildman–Crippen MR) is 103 cm³/mol. The molecule has 0 N–H and O–H groups in total. The van der Waals surface area contributed by atoms with Crippen LogP contribution in [0.5, 0.6) is 0 Å². The maximum atomic E-state index is 2.34. The molecule has 4 rings (SSSR count). The first kappa shape index (κ1) is 14.5. The molecule has 0 spiro atoms. The third-order valence-electron chi connectivity index (χ3n) is 4.41. The van der Waals surface area contributed by atoms with Gasteiger partial charge in [-0.2, -0.15) is 0 Å². The molecule has 0 atom stereocenters. The fraction of sp³-hybridized carbons (Fsp3) is 0.182. The molecular weight excluding hydrogens is 296 g/mol. The van der Waals surface area contributed by atoms with Gasteiger partial charge in [0.2, 0.25) is 0 Å². The summed E-state index contributed by atoms with van der Waals surface area (Å²) in [7, 11) is 0. The van der Waals surface area contributed by atoms with Crippen LogP contribution in [0.1, 0.15) is 26.3 Å². The van der Waals surface area contributed by atoms with Crippen LogP contribution in [0.15, 0.2) is 66.7 Å². The van der Waals surface area contributed by atoms with Gasteiger partial charge in [-0.25, -0.2) is 0 Å². The summed E-state index contributed by atoms with van der Waals surface area (Å²) in [5, 5.41) is 2.76. The molecule has 1 aromatic heterocycles. The average molecular weight is 316 g/mol. The van der Waals surface area contributed by atoms with Gasteiger partial charge in [0.05, 0.1) is 0 Å². The highest BCUT2D eigenvalue weighted by molar-refractivity contribution is 7.26. The minimum absolute atomic E-state index is 0.169.